The number of anilines is 1. The third-order valence-corrected chi connectivity index (χ3v) is 4.01. The Morgan fingerprint density at radius 1 is 1.50 bits per heavy atom. The second-order valence-corrected chi connectivity index (χ2v) is 6.00. The van der Waals surface area contributed by atoms with E-state index in [4.69, 9.17) is 0 Å². The van der Waals surface area contributed by atoms with E-state index in [1.165, 1.54) is 12.3 Å². The van der Waals surface area contributed by atoms with Crippen LogP contribution in [-0.4, -0.2) is 26.0 Å². The van der Waals surface area contributed by atoms with Crippen LogP contribution in [0.4, 0.5) is 5.82 Å². The van der Waals surface area contributed by atoms with Crippen LogP contribution in [0.25, 0.3) is 0 Å². The van der Waals surface area contributed by atoms with Gasteiger partial charge in [0.15, 0.2) is 11.6 Å². The number of imidazole rings is 1. The van der Waals surface area contributed by atoms with E-state index in [-0.39, 0.29) is 23.4 Å². The molecule has 1 aliphatic rings. The lowest BCUT2D eigenvalue weighted by molar-refractivity contribution is -0.120. The van der Waals surface area contributed by atoms with E-state index in [2.05, 4.69) is 34.1 Å². The second-order valence-electron chi connectivity index (χ2n) is 6.00. The molecule has 116 valence electrons. The monoisotopic (exact) mass is 300 g/mol. The van der Waals surface area contributed by atoms with Gasteiger partial charge in [0.25, 0.3) is 0 Å². The van der Waals surface area contributed by atoms with Crippen molar-refractivity contribution >= 4 is 11.7 Å². The number of aromatic hydroxyl groups is 1. The summed E-state index contributed by atoms with van der Waals surface area (Å²) in [6, 6.07) is 3.13. The zero-order chi connectivity index (χ0) is 15.7. The molecule has 3 rings (SSSR count). The molecule has 6 nitrogen and oxygen atoms in total. The fraction of sp³-hybridized carbons (Fsp3) is 0.438. The summed E-state index contributed by atoms with van der Waals surface area (Å²) < 4.78 is 0. The van der Waals surface area contributed by atoms with Crippen LogP contribution in [0.2, 0.25) is 0 Å². The Bertz CT molecular complexity index is 693. The summed E-state index contributed by atoms with van der Waals surface area (Å²) in [5.41, 5.74) is 2.13. The van der Waals surface area contributed by atoms with E-state index >= 15 is 0 Å². The summed E-state index contributed by atoms with van der Waals surface area (Å²) in [7, 11) is 0. The van der Waals surface area contributed by atoms with Gasteiger partial charge in [0.1, 0.15) is 5.82 Å². The number of fused-ring (bicyclic) bond motifs is 1. The lowest BCUT2D eigenvalue weighted by Gasteiger charge is -2.20. The molecule has 0 unspecified atom stereocenters. The van der Waals surface area contributed by atoms with Crippen LogP contribution in [0.5, 0.6) is 5.75 Å². The summed E-state index contributed by atoms with van der Waals surface area (Å²) in [5.74, 6) is 1.29. The van der Waals surface area contributed by atoms with E-state index in [1.807, 2.05) is 0 Å². The molecule has 1 aliphatic carbocycles. The fourth-order valence-corrected chi connectivity index (χ4v) is 2.71. The quantitative estimate of drug-likeness (QED) is 0.811. The Kier molecular flexibility index (Phi) is 3.83. The normalized spacial score (nSPS) is 17.3. The summed E-state index contributed by atoms with van der Waals surface area (Å²) >= 11 is 0. The maximum Gasteiger partial charge on any atom is 0.229 e. The number of amides is 1. The van der Waals surface area contributed by atoms with Gasteiger partial charge in [0.2, 0.25) is 5.91 Å². The molecule has 0 fully saturated rings. The van der Waals surface area contributed by atoms with Crippen LogP contribution in [0.15, 0.2) is 18.3 Å². The zero-order valence-electron chi connectivity index (χ0n) is 12.8. The lowest BCUT2D eigenvalue weighted by atomic mass is 9.89. The molecule has 0 aliphatic heterocycles. The maximum absolute atomic E-state index is 12.4. The number of pyridine rings is 1. The number of nitrogens with zero attached hydrogens (tertiary/aromatic N) is 2. The van der Waals surface area contributed by atoms with Gasteiger partial charge in [-0.25, -0.2) is 9.97 Å². The molecule has 2 aromatic heterocycles. The van der Waals surface area contributed by atoms with Crippen LogP contribution in [0.3, 0.4) is 0 Å². The highest BCUT2D eigenvalue weighted by Gasteiger charge is 2.28. The lowest BCUT2D eigenvalue weighted by Crippen LogP contribution is -2.28. The van der Waals surface area contributed by atoms with Gasteiger partial charge < -0.3 is 15.4 Å². The summed E-state index contributed by atoms with van der Waals surface area (Å²) in [6.45, 7) is 4.19. The molecule has 0 aromatic carbocycles. The Morgan fingerprint density at radius 2 is 2.32 bits per heavy atom. The summed E-state index contributed by atoms with van der Waals surface area (Å²) in [5, 5.41) is 12.4. The highest BCUT2D eigenvalue weighted by Crippen LogP contribution is 2.27. The molecule has 3 N–H and O–H groups in total. The Hall–Kier alpha value is -2.37. The standard InChI is InChI=1S/C16H20N4O2/c1-9(2)14-18-11-6-5-10(8-12(11)19-14)16(22)20-15-13(21)4-3-7-17-15/h3-4,7,9-10,21H,5-6,8H2,1-2H3,(H,18,19)(H,17,20,22)/t10-/m1/s1. The highest BCUT2D eigenvalue weighted by molar-refractivity contribution is 5.93. The highest BCUT2D eigenvalue weighted by atomic mass is 16.3. The fourth-order valence-electron chi connectivity index (χ4n) is 2.71. The first-order valence-corrected chi connectivity index (χ1v) is 7.57. The summed E-state index contributed by atoms with van der Waals surface area (Å²) in [6.07, 6.45) is 3.74. The van der Waals surface area contributed by atoms with Crippen molar-refractivity contribution in [1.29, 1.82) is 0 Å². The molecule has 2 aromatic rings. The van der Waals surface area contributed by atoms with Crippen molar-refractivity contribution in [1.82, 2.24) is 15.0 Å². The average Bonchev–Trinajstić information content (AvgIpc) is 2.93. The number of aromatic amines is 1. The molecule has 0 saturated carbocycles. The van der Waals surface area contributed by atoms with E-state index in [1.54, 1.807) is 6.07 Å². The van der Waals surface area contributed by atoms with Gasteiger partial charge in [-0.15, -0.1) is 0 Å². The van der Waals surface area contributed by atoms with Gasteiger partial charge in [0.05, 0.1) is 5.69 Å². The minimum atomic E-state index is -0.130. The zero-order valence-corrected chi connectivity index (χ0v) is 12.8. The van der Waals surface area contributed by atoms with Crippen LogP contribution < -0.4 is 5.32 Å². The van der Waals surface area contributed by atoms with Crippen LogP contribution >= 0.6 is 0 Å². The molecule has 6 heteroatoms. The van der Waals surface area contributed by atoms with Crippen molar-refractivity contribution in [3.8, 4) is 5.75 Å². The molecule has 1 amide bonds. The number of hydrogen-bond acceptors (Lipinski definition) is 4. The van der Waals surface area contributed by atoms with Crippen molar-refractivity contribution in [2.45, 2.75) is 39.0 Å². The Balaban J connectivity index is 1.71. The third-order valence-electron chi connectivity index (χ3n) is 4.01. The van der Waals surface area contributed by atoms with Gasteiger partial charge in [0, 0.05) is 30.1 Å². The molecule has 0 bridgehead atoms. The second kappa shape index (κ2) is 5.79. The van der Waals surface area contributed by atoms with Crippen molar-refractivity contribution in [3.63, 3.8) is 0 Å². The molecule has 0 saturated heterocycles. The minimum Gasteiger partial charge on any atom is -0.504 e. The van der Waals surface area contributed by atoms with E-state index in [0.29, 0.717) is 12.3 Å². The van der Waals surface area contributed by atoms with Crippen LogP contribution in [0, 0.1) is 5.92 Å². The number of rotatable bonds is 3. The Morgan fingerprint density at radius 3 is 3.05 bits per heavy atom. The molecule has 1 atom stereocenters. The van der Waals surface area contributed by atoms with Crippen molar-refractivity contribution in [2.24, 2.45) is 5.92 Å². The largest absolute Gasteiger partial charge is 0.504 e. The number of aromatic nitrogens is 3. The number of H-pyrrole nitrogens is 1. The van der Waals surface area contributed by atoms with Crippen LogP contribution in [-0.2, 0) is 17.6 Å². The van der Waals surface area contributed by atoms with Gasteiger partial charge >= 0.3 is 0 Å². The number of aryl methyl sites for hydroxylation is 1. The SMILES string of the molecule is CC(C)c1nc2c([nH]1)C[C@H](C(=O)Nc1ncccc1O)CC2. The number of hydrogen-bond donors (Lipinski definition) is 3. The predicted molar refractivity (Wildman–Crippen MR) is 82.7 cm³/mol. The summed E-state index contributed by atoms with van der Waals surface area (Å²) in [4.78, 5) is 24.3. The molecule has 0 spiro atoms. The smallest absolute Gasteiger partial charge is 0.229 e. The first-order valence-electron chi connectivity index (χ1n) is 7.57. The third kappa shape index (κ3) is 2.81. The molecule has 22 heavy (non-hydrogen) atoms. The molecule has 2 heterocycles. The van der Waals surface area contributed by atoms with Crippen molar-refractivity contribution in [3.05, 3.63) is 35.5 Å². The maximum atomic E-state index is 12.4. The van der Waals surface area contributed by atoms with E-state index in [0.717, 1.165) is 30.1 Å². The van der Waals surface area contributed by atoms with Crippen molar-refractivity contribution in [2.75, 3.05) is 5.32 Å². The molecular formula is C16H20N4O2. The number of carbonyl (C=O) groups is 1. The average molecular weight is 300 g/mol. The molecule has 0 radical (unpaired) electrons. The van der Waals surface area contributed by atoms with Gasteiger partial charge in [-0.2, -0.15) is 0 Å². The number of carbonyl (C=O) groups excluding carboxylic acids is 1. The topological polar surface area (TPSA) is 90.9 Å². The van der Waals surface area contributed by atoms with E-state index < -0.39 is 0 Å². The number of nitrogens with one attached hydrogen (secondary N) is 2. The Labute approximate surface area is 129 Å². The first kappa shape index (κ1) is 14.6. The van der Waals surface area contributed by atoms with Gasteiger partial charge in [-0.05, 0) is 25.0 Å². The minimum absolute atomic E-state index is 0.0176. The molecular weight excluding hydrogens is 280 g/mol. The van der Waals surface area contributed by atoms with Gasteiger partial charge in [-0.1, -0.05) is 13.8 Å². The predicted octanol–water partition coefficient (Wildman–Crippen LogP) is 2.38. The van der Waals surface area contributed by atoms with Crippen LogP contribution in [0.1, 0.15) is 43.4 Å². The van der Waals surface area contributed by atoms with Gasteiger partial charge in [-0.3, -0.25) is 4.79 Å². The van der Waals surface area contributed by atoms with Crippen molar-refractivity contribution < 1.29 is 9.90 Å². The first-order chi connectivity index (χ1) is 10.5. The van der Waals surface area contributed by atoms with E-state index in [9.17, 15) is 9.90 Å².